The maximum atomic E-state index is 12.9. The fraction of sp³-hybridized carbons (Fsp3) is 0.433. The van der Waals surface area contributed by atoms with Gasteiger partial charge >= 0.3 is 0 Å². The molecule has 160 valence electrons. The van der Waals surface area contributed by atoms with Gasteiger partial charge in [-0.15, -0.1) is 6.42 Å². The van der Waals surface area contributed by atoms with Gasteiger partial charge in [0, 0.05) is 22.0 Å². The molecule has 1 heteroatoms. The highest BCUT2D eigenvalue weighted by Gasteiger charge is 2.59. The number of hydrogen-bond donors (Lipinski definition) is 0. The van der Waals surface area contributed by atoms with E-state index in [1.807, 2.05) is 0 Å². The van der Waals surface area contributed by atoms with Crippen LogP contribution in [0.3, 0.4) is 0 Å². The molecule has 31 heavy (non-hydrogen) atoms. The molecular weight excluding hydrogens is 376 g/mol. The zero-order valence-electron chi connectivity index (χ0n) is 20.4. The Morgan fingerprint density at radius 2 is 1.35 bits per heavy atom. The largest absolute Gasteiger partial charge is 0.295 e. The molecule has 0 spiro atoms. The van der Waals surface area contributed by atoms with Crippen molar-refractivity contribution < 1.29 is 4.79 Å². The Kier molecular flexibility index (Phi) is 4.35. The minimum absolute atomic E-state index is 0.00257. The first kappa shape index (κ1) is 21.6. The second-order valence-electron chi connectivity index (χ2n) is 11.8. The van der Waals surface area contributed by atoms with E-state index in [-0.39, 0.29) is 22.0 Å². The van der Waals surface area contributed by atoms with E-state index >= 15 is 0 Å². The van der Waals surface area contributed by atoms with Gasteiger partial charge in [-0.1, -0.05) is 85.6 Å². The highest BCUT2D eigenvalue weighted by atomic mass is 16.1. The molecule has 0 heterocycles. The molecule has 0 bridgehead atoms. The van der Waals surface area contributed by atoms with Crippen molar-refractivity contribution in [2.24, 2.45) is 21.7 Å². The summed E-state index contributed by atoms with van der Waals surface area (Å²) in [6, 6.07) is 0. The summed E-state index contributed by atoms with van der Waals surface area (Å²) < 4.78 is 0. The molecule has 0 aromatic heterocycles. The lowest BCUT2D eigenvalue weighted by molar-refractivity contribution is -0.113. The first-order valence-corrected chi connectivity index (χ1v) is 11.2. The number of carbonyl (C=O) groups excluding carboxylic acids is 1. The molecule has 0 unspecified atom stereocenters. The van der Waals surface area contributed by atoms with Crippen LogP contribution in [0, 0.1) is 34.0 Å². The molecule has 0 N–H and O–H groups in total. The van der Waals surface area contributed by atoms with Crippen LogP contribution in [0.4, 0.5) is 0 Å². The van der Waals surface area contributed by atoms with Crippen molar-refractivity contribution in [3.63, 3.8) is 0 Å². The number of ketones is 1. The highest BCUT2D eigenvalue weighted by molar-refractivity contribution is 5.99. The fourth-order valence-electron chi connectivity index (χ4n) is 5.54. The van der Waals surface area contributed by atoms with Crippen molar-refractivity contribution in [3.05, 3.63) is 81.0 Å². The van der Waals surface area contributed by atoms with E-state index in [0.29, 0.717) is 0 Å². The van der Waals surface area contributed by atoms with E-state index in [1.165, 1.54) is 22.3 Å². The number of rotatable bonds is 1. The summed E-state index contributed by atoms with van der Waals surface area (Å²) in [6.07, 6.45) is 19.6. The summed E-state index contributed by atoms with van der Waals surface area (Å²) in [5.41, 5.74) is 8.22. The molecule has 0 amide bonds. The van der Waals surface area contributed by atoms with Crippen LogP contribution in [0.15, 0.2) is 81.0 Å². The van der Waals surface area contributed by atoms with Crippen molar-refractivity contribution in [3.8, 4) is 12.3 Å². The van der Waals surface area contributed by atoms with Gasteiger partial charge in [0.2, 0.25) is 0 Å². The fourth-order valence-corrected chi connectivity index (χ4v) is 5.54. The smallest absolute Gasteiger partial charge is 0.160 e. The predicted octanol–water partition coefficient (Wildman–Crippen LogP) is 7.22. The lowest BCUT2D eigenvalue weighted by atomic mass is 9.43. The highest BCUT2D eigenvalue weighted by Crippen LogP contribution is 2.68. The van der Waals surface area contributed by atoms with Crippen LogP contribution >= 0.6 is 0 Å². The van der Waals surface area contributed by atoms with Crippen molar-refractivity contribution in [2.45, 2.75) is 62.3 Å². The SMILES string of the molecule is C#CC1=CC2=CC(C(C)(C)C)=CC3=CC(C(C)=O)=C4C=C(C(C)(C)C)C=C1[C@]4(C)[C@@]23C. The van der Waals surface area contributed by atoms with Gasteiger partial charge in [-0.25, -0.2) is 0 Å². The third-order valence-corrected chi connectivity index (χ3v) is 7.90. The van der Waals surface area contributed by atoms with Crippen LogP contribution in [0.1, 0.15) is 62.3 Å². The van der Waals surface area contributed by atoms with E-state index in [4.69, 9.17) is 6.42 Å². The molecule has 4 aliphatic rings. The Hall–Kier alpha value is -2.59. The Morgan fingerprint density at radius 1 is 0.806 bits per heavy atom. The summed E-state index contributed by atoms with van der Waals surface area (Å²) in [6.45, 7) is 19.6. The average molecular weight is 411 g/mol. The normalized spacial score (nSPS) is 29.5. The van der Waals surface area contributed by atoms with Gasteiger partial charge in [0.15, 0.2) is 5.78 Å². The van der Waals surface area contributed by atoms with Gasteiger partial charge in [0.05, 0.1) is 0 Å². The summed E-state index contributed by atoms with van der Waals surface area (Å²) in [7, 11) is 0. The molecule has 0 aromatic carbocycles. The van der Waals surface area contributed by atoms with Gasteiger partial charge in [0.1, 0.15) is 0 Å². The first-order chi connectivity index (χ1) is 14.2. The van der Waals surface area contributed by atoms with E-state index in [0.717, 1.165) is 22.3 Å². The lowest BCUT2D eigenvalue weighted by Gasteiger charge is -2.58. The monoisotopic (exact) mass is 410 g/mol. The van der Waals surface area contributed by atoms with Crippen molar-refractivity contribution in [1.29, 1.82) is 0 Å². The van der Waals surface area contributed by atoms with Gasteiger partial charge in [0.25, 0.3) is 0 Å². The van der Waals surface area contributed by atoms with Crippen LogP contribution in [0.25, 0.3) is 0 Å². The maximum Gasteiger partial charge on any atom is 0.160 e. The Labute approximate surface area is 188 Å². The summed E-state index contributed by atoms with van der Waals surface area (Å²) in [4.78, 5) is 12.9. The average Bonchev–Trinajstić information content (AvgIpc) is 2.63. The Morgan fingerprint density at radius 3 is 1.87 bits per heavy atom. The van der Waals surface area contributed by atoms with Crippen LogP contribution in [0.2, 0.25) is 0 Å². The molecule has 0 fully saturated rings. The maximum absolute atomic E-state index is 12.9. The van der Waals surface area contributed by atoms with E-state index in [2.05, 4.69) is 97.8 Å². The molecule has 4 aliphatic carbocycles. The van der Waals surface area contributed by atoms with Crippen molar-refractivity contribution in [2.75, 3.05) is 0 Å². The Bertz CT molecular complexity index is 1180. The van der Waals surface area contributed by atoms with E-state index in [1.54, 1.807) is 6.92 Å². The number of allylic oxidation sites excluding steroid dienone is 14. The van der Waals surface area contributed by atoms with Crippen LogP contribution in [-0.4, -0.2) is 5.78 Å². The zero-order valence-corrected chi connectivity index (χ0v) is 20.4. The quantitative estimate of drug-likeness (QED) is 0.417. The molecule has 0 saturated heterocycles. The van der Waals surface area contributed by atoms with E-state index < -0.39 is 5.41 Å². The predicted molar refractivity (Wildman–Crippen MR) is 130 cm³/mol. The summed E-state index contributed by atoms with van der Waals surface area (Å²) in [5, 5.41) is 0. The number of carbonyl (C=O) groups is 1. The molecule has 0 saturated carbocycles. The third-order valence-electron chi connectivity index (χ3n) is 7.90. The van der Waals surface area contributed by atoms with Gasteiger partial charge < -0.3 is 0 Å². The third kappa shape index (κ3) is 2.74. The molecule has 0 radical (unpaired) electrons. The number of hydrogen-bond acceptors (Lipinski definition) is 1. The van der Waals surface area contributed by atoms with Gasteiger partial charge in [-0.3, -0.25) is 4.79 Å². The van der Waals surface area contributed by atoms with Crippen LogP contribution in [-0.2, 0) is 4.79 Å². The summed E-state index contributed by atoms with van der Waals surface area (Å²) >= 11 is 0. The van der Waals surface area contributed by atoms with Gasteiger partial charge in [-0.2, -0.15) is 0 Å². The molecule has 4 rings (SSSR count). The molecule has 2 atom stereocenters. The molecule has 0 aliphatic heterocycles. The van der Waals surface area contributed by atoms with Crippen molar-refractivity contribution >= 4 is 5.78 Å². The minimum Gasteiger partial charge on any atom is -0.295 e. The second kappa shape index (κ2) is 6.23. The molecule has 0 aromatic rings. The second-order valence-corrected chi connectivity index (χ2v) is 11.8. The van der Waals surface area contributed by atoms with E-state index in [9.17, 15) is 4.79 Å². The first-order valence-electron chi connectivity index (χ1n) is 11.2. The molecule has 1 nitrogen and oxygen atoms in total. The lowest BCUT2D eigenvalue weighted by Crippen LogP contribution is -2.50. The zero-order chi connectivity index (χ0) is 23.1. The Balaban J connectivity index is 2.19. The van der Waals surface area contributed by atoms with Gasteiger partial charge in [-0.05, 0) is 63.3 Å². The van der Waals surface area contributed by atoms with Crippen molar-refractivity contribution in [1.82, 2.24) is 0 Å². The minimum atomic E-state index is -0.394. The molecular formula is C30H34O. The number of terminal acetylenes is 1. The van der Waals surface area contributed by atoms with Crippen LogP contribution < -0.4 is 0 Å². The summed E-state index contributed by atoms with van der Waals surface area (Å²) in [5.74, 6) is 3.09. The standard InChI is InChI=1S/C30H34O/c1-11-19-12-22-13-20(27(3,4)5)14-23-15-24(18(2)31)26-17-21(28(6,7)8)16-25(19)30(26,10)29(22,23)9/h1,12-17H,2-10H3/t29-,30-/m0/s1. The topological polar surface area (TPSA) is 17.1 Å². The number of Topliss-reactive ketones (excluding diaryl/α,β-unsaturated/α-hetero) is 1. The van der Waals surface area contributed by atoms with Crippen LogP contribution in [0.5, 0.6) is 0 Å².